The van der Waals surface area contributed by atoms with Crippen LogP contribution in [0.5, 0.6) is 5.75 Å². The Morgan fingerprint density at radius 1 is 1.17 bits per heavy atom. The largest absolute Gasteiger partial charge is 0.490 e. The number of halogens is 1. The lowest BCUT2D eigenvalue weighted by Crippen LogP contribution is -2.49. The minimum Gasteiger partial charge on any atom is -0.490 e. The first-order valence-corrected chi connectivity index (χ1v) is 18.3. The summed E-state index contributed by atoms with van der Waals surface area (Å²) in [5.41, 5.74) is 3.28. The van der Waals surface area contributed by atoms with Crippen molar-refractivity contribution in [1.82, 2.24) is 4.72 Å². The van der Waals surface area contributed by atoms with Gasteiger partial charge in [0.15, 0.2) is 0 Å². The number of ether oxygens (including phenoxy) is 3. The number of nitrogens with zero attached hydrogens (tertiary/aromatic N) is 1. The molecule has 9 nitrogen and oxygen atoms in total. The molecule has 2 aromatic rings. The van der Waals surface area contributed by atoms with E-state index in [9.17, 15) is 18.3 Å². The van der Waals surface area contributed by atoms with Gasteiger partial charge in [0, 0.05) is 43.3 Å². The number of carbonyl (C=O) groups excluding carboxylic acids is 1. The van der Waals surface area contributed by atoms with Crippen LogP contribution in [0.3, 0.4) is 0 Å². The predicted molar refractivity (Wildman–Crippen MR) is 178 cm³/mol. The number of nitrogens with one attached hydrogen (secondary N) is 1. The summed E-state index contributed by atoms with van der Waals surface area (Å²) in [6.07, 6.45) is 8.67. The molecule has 1 fully saturated rings. The first-order chi connectivity index (χ1) is 22.1. The van der Waals surface area contributed by atoms with Gasteiger partial charge in [-0.3, -0.25) is 4.79 Å². The lowest BCUT2D eigenvalue weighted by Gasteiger charge is -2.46. The summed E-state index contributed by atoms with van der Waals surface area (Å²) in [6.45, 7) is 1.97. The fourth-order valence-electron chi connectivity index (χ4n) is 7.94. The Hall–Kier alpha value is -2.63. The summed E-state index contributed by atoms with van der Waals surface area (Å²) < 4.78 is 47.1. The number of sulfonamides is 1. The van der Waals surface area contributed by atoms with E-state index in [-0.39, 0.29) is 36.5 Å². The number of anilines is 1. The van der Waals surface area contributed by atoms with E-state index in [1.807, 2.05) is 12.1 Å². The molecule has 0 unspecified atom stereocenters. The van der Waals surface area contributed by atoms with Crippen LogP contribution in [0.4, 0.5) is 5.69 Å². The Morgan fingerprint density at radius 2 is 2.02 bits per heavy atom. The molecule has 2 bridgehead atoms. The molecule has 11 heteroatoms. The number of hydrogen-bond acceptors (Lipinski definition) is 8. The number of rotatable bonds is 5. The monoisotopic (exact) mass is 672 g/mol. The molecule has 0 radical (unpaired) electrons. The Labute approximate surface area is 277 Å². The Morgan fingerprint density at radius 3 is 2.78 bits per heavy atom. The van der Waals surface area contributed by atoms with Gasteiger partial charge in [-0.25, -0.2) is 13.1 Å². The number of aliphatic hydroxyl groups is 1. The van der Waals surface area contributed by atoms with Gasteiger partial charge in [0.2, 0.25) is 10.0 Å². The van der Waals surface area contributed by atoms with Crippen molar-refractivity contribution in [2.75, 3.05) is 45.4 Å². The van der Waals surface area contributed by atoms with E-state index < -0.39 is 27.3 Å². The summed E-state index contributed by atoms with van der Waals surface area (Å²) in [7, 11) is -0.943. The number of methoxy groups -OCH3 is 2. The number of aryl methyl sites for hydroxylation is 1. The summed E-state index contributed by atoms with van der Waals surface area (Å²) >= 11 is 6.42. The zero-order valence-electron chi connectivity index (χ0n) is 26.6. The van der Waals surface area contributed by atoms with Gasteiger partial charge in [0.1, 0.15) is 5.75 Å². The van der Waals surface area contributed by atoms with E-state index in [1.54, 1.807) is 25.3 Å². The van der Waals surface area contributed by atoms with E-state index in [1.165, 1.54) is 18.2 Å². The quantitative estimate of drug-likeness (QED) is 0.426. The number of fused-ring (bicyclic) bond motifs is 4. The number of carbonyl (C=O) groups is 1. The van der Waals surface area contributed by atoms with Crippen molar-refractivity contribution in [1.29, 1.82) is 0 Å². The Bertz CT molecular complexity index is 1570. The highest BCUT2D eigenvalue weighted by atomic mass is 35.5. The molecule has 2 aliphatic carbocycles. The van der Waals surface area contributed by atoms with Crippen LogP contribution in [0.2, 0.25) is 5.02 Å². The molecule has 2 aromatic carbocycles. The maximum absolute atomic E-state index is 13.6. The maximum Gasteiger partial charge on any atom is 0.264 e. The van der Waals surface area contributed by atoms with Crippen LogP contribution in [0.1, 0.15) is 66.4 Å². The van der Waals surface area contributed by atoms with Gasteiger partial charge in [-0.2, -0.15) is 0 Å². The number of aliphatic hydroxyl groups excluding tert-OH is 1. The van der Waals surface area contributed by atoms with Gasteiger partial charge in [0.25, 0.3) is 5.91 Å². The van der Waals surface area contributed by atoms with Gasteiger partial charge in [-0.15, -0.1) is 0 Å². The fraction of sp³-hybridized carbons (Fsp3) is 0.571. The first-order valence-electron chi connectivity index (χ1n) is 16.4. The number of amides is 1. The van der Waals surface area contributed by atoms with Crippen LogP contribution in [0, 0.1) is 11.8 Å². The van der Waals surface area contributed by atoms with Crippen molar-refractivity contribution in [2.24, 2.45) is 11.8 Å². The molecule has 0 aromatic heterocycles. The van der Waals surface area contributed by atoms with Gasteiger partial charge in [-0.1, -0.05) is 29.8 Å². The molecular formula is C35H45ClN2O7S. The number of hydrogen-bond donors (Lipinski definition) is 2. The Balaban J connectivity index is 1.39. The minimum absolute atomic E-state index is 0.00425. The molecule has 4 aliphatic rings. The highest BCUT2D eigenvalue weighted by molar-refractivity contribution is 7.90. The molecule has 1 saturated carbocycles. The van der Waals surface area contributed by atoms with Gasteiger partial charge in [-0.05, 0) is 105 Å². The number of benzene rings is 2. The summed E-state index contributed by atoms with van der Waals surface area (Å²) in [4.78, 5) is 15.9. The van der Waals surface area contributed by atoms with Crippen molar-refractivity contribution in [3.8, 4) is 5.75 Å². The second-order valence-corrected chi connectivity index (χ2v) is 15.8. The average molecular weight is 673 g/mol. The third kappa shape index (κ3) is 6.83. The van der Waals surface area contributed by atoms with Gasteiger partial charge < -0.3 is 24.2 Å². The summed E-state index contributed by atoms with van der Waals surface area (Å²) in [5.74, 6) is 0.658. The third-order valence-corrected chi connectivity index (χ3v) is 12.5. The smallest absolute Gasteiger partial charge is 0.264 e. The number of allylic oxidation sites excluding steroid dienone is 1. The molecule has 2 N–H and O–H groups in total. The van der Waals surface area contributed by atoms with Crippen LogP contribution < -0.4 is 14.4 Å². The van der Waals surface area contributed by atoms with Crippen molar-refractivity contribution < 1.29 is 32.5 Å². The lowest BCUT2D eigenvalue weighted by atomic mass is 9.68. The highest BCUT2D eigenvalue weighted by Crippen LogP contribution is 2.47. The van der Waals surface area contributed by atoms with Crippen LogP contribution in [0.25, 0.3) is 0 Å². The van der Waals surface area contributed by atoms with E-state index in [0.29, 0.717) is 37.2 Å². The zero-order valence-corrected chi connectivity index (χ0v) is 28.2. The topological polar surface area (TPSA) is 114 Å². The van der Waals surface area contributed by atoms with E-state index in [2.05, 4.69) is 27.8 Å². The minimum atomic E-state index is -4.13. The molecule has 1 amide bonds. The maximum atomic E-state index is 13.6. The molecule has 2 aliphatic heterocycles. The summed E-state index contributed by atoms with van der Waals surface area (Å²) in [5, 5.41) is 10.2. The zero-order chi connectivity index (χ0) is 32.5. The van der Waals surface area contributed by atoms with Crippen molar-refractivity contribution in [2.45, 2.75) is 74.2 Å². The molecule has 6 rings (SSSR count). The molecule has 250 valence electrons. The van der Waals surface area contributed by atoms with E-state index >= 15 is 0 Å². The summed E-state index contributed by atoms with van der Waals surface area (Å²) in [6, 6.07) is 11.4. The van der Waals surface area contributed by atoms with Crippen molar-refractivity contribution in [3.63, 3.8) is 0 Å². The SMILES string of the molecule is COC[C@@H](O)C[C@H]1CC/C=C\[C@H](OC)[C@@H]2CC[C@H]2CN2C[C@@]3(CCCc4cc(Cl)ccc43)COc3ccc(cc32)C(=O)NS1(=O)=O. The predicted octanol–water partition coefficient (Wildman–Crippen LogP) is 5.03. The molecule has 6 atom stereocenters. The normalized spacial score (nSPS) is 30.5. The third-order valence-electron chi connectivity index (χ3n) is 10.5. The molecule has 0 saturated heterocycles. The first kappa shape index (κ1) is 33.3. The van der Waals surface area contributed by atoms with Crippen LogP contribution in [0.15, 0.2) is 48.6 Å². The fourth-order valence-corrected chi connectivity index (χ4v) is 9.60. The second-order valence-electron chi connectivity index (χ2n) is 13.4. The molecule has 1 spiro atoms. The van der Waals surface area contributed by atoms with Crippen LogP contribution in [-0.2, 0) is 31.3 Å². The van der Waals surface area contributed by atoms with Crippen molar-refractivity contribution in [3.05, 3.63) is 70.3 Å². The molecule has 2 heterocycles. The van der Waals surface area contributed by atoms with Gasteiger partial charge >= 0.3 is 0 Å². The standard InChI is InChI=1S/C35H45ClN2O7S/c1-43-20-27(39)18-28-7-3-4-8-32(44-2)29-12-9-25(29)19-38-21-35(15-5-6-23-16-26(36)11-13-30(23)35)22-45-33-14-10-24(17-31(33)38)34(40)37-46(28,41)42/h4,8,10-11,13-14,16-17,25,27-29,32,39H,3,5-7,9,12,15,18-22H2,1-2H3,(H,37,40)/b8-4-/t25-,27-,28+,29+,32-,35-/m0/s1. The van der Waals surface area contributed by atoms with Crippen molar-refractivity contribution >= 4 is 33.2 Å². The molecular weight excluding hydrogens is 628 g/mol. The van der Waals surface area contributed by atoms with Crippen LogP contribution in [-0.4, -0.2) is 77.4 Å². The lowest BCUT2D eigenvalue weighted by molar-refractivity contribution is 0.0131. The Kier molecular flexibility index (Phi) is 10.0. The second kappa shape index (κ2) is 13.8. The van der Waals surface area contributed by atoms with Gasteiger partial charge in [0.05, 0.1) is 36.4 Å². The van der Waals surface area contributed by atoms with E-state index in [4.69, 9.17) is 25.8 Å². The molecule has 46 heavy (non-hydrogen) atoms. The average Bonchev–Trinajstić information content (AvgIpc) is 3.16. The highest BCUT2D eigenvalue weighted by Gasteiger charge is 2.44. The van der Waals surface area contributed by atoms with E-state index in [0.717, 1.165) is 49.4 Å². The van der Waals surface area contributed by atoms with Crippen LogP contribution >= 0.6 is 11.6 Å².